The zero-order valence-electron chi connectivity index (χ0n) is 10.7. The van der Waals surface area contributed by atoms with E-state index in [-0.39, 0.29) is 22.1 Å². The molecule has 0 saturated carbocycles. The first-order valence-electron chi connectivity index (χ1n) is 5.41. The van der Waals surface area contributed by atoms with Crippen LogP contribution in [-0.2, 0) is 9.84 Å². The van der Waals surface area contributed by atoms with Crippen LogP contribution < -0.4 is 4.74 Å². The Labute approximate surface area is 114 Å². The molecule has 1 heterocycles. The summed E-state index contributed by atoms with van der Waals surface area (Å²) in [5.74, 6) is -1.29. The summed E-state index contributed by atoms with van der Waals surface area (Å²) < 4.78 is 32.7. The van der Waals surface area contributed by atoms with Crippen molar-refractivity contribution in [2.75, 3.05) is 13.4 Å². The van der Waals surface area contributed by atoms with Crippen molar-refractivity contribution in [3.63, 3.8) is 0 Å². The predicted octanol–water partition coefficient (Wildman–Crippen LogP) is 1.45. The van der Waals surface area contributed by atoms with Gasteiger partial charge in [0.05, 0.1) is 12.0 Å². The first-order chi connectivity index (χ1) is 9.32. The molecule has 20 heavy (non-hydrogen) atoms. The Bertz CT molecular complexity index is 762. The van der Waals surface area contributed by atoms with Crippen molar-refractivity contribution < 1.29 is 27.6 Å². The number of nitrogens with zero attached hydrogens (tertiary/aromatic N) is 1. The van der Waals surface area contributed by atoms with Gasteiger partial charge in [0, 0.05) is 17.9 Å². The van der Waals surface area contributed by atoms with Crippen molar-refractivity contribution in [3.8, 4) is 17.0 Å². The Morgan fingerprint density at radius 2 is 2.05 bits per heavy atom. The van der Waals surface area contributed by atoms with E-state index in [1.165, 1.54) is 31.4 Å². The van der Waals surface area contributed by atoms with Crippen LogP contribution in [0.3, 0.4) is 0 Å². The summed E-state index contributed by atoms with van der Waals surface area (Å²) in [5, 5.41) is 12.4. The average molecular weight is 297 g/mol. The van der Waals surface area contributed by atoms with Crippen LogP contribution in [0.15, 0.2) is 33.7 Å². The van der Waals surface area contributed by atoms with Gasteiger partial charge in [-0.3, -0.25) is 0 Å². The van der Waals surface area contributed by atoms with Crippen molar-refractivity contribution >= 4 is 15.8 Å². The normalized spacial score (nSPS) is 11.3. The van der Waals surface area contributed by atoms with E-state index in [1.807, 2.05) is 0 Å². The molecule has 0 spiro atoms. The second-order valence-electron chi connectivity index (χ2n) is 4.02. The number of carboxylic acid groups (broad SMARTS) is 1. The number of aromatic nitrogens is 1. The molecular weight excluding hydrogens is 286 g/mol. The van der Waals surface area contributed by atoms with Crippen molar-refractivity contribution in [1.29, 1.82) is 0 Å². The van der Waals surface area contributed by atoms with E-state index in [0.29, 0.717) is 5.56 Å². The lowest BCUT2D eigenvalue weighted by molar-refractivity contribution is 0.0652. The standard InChI is InChI=1S/C12H11NO6S/c1-18-10-5-7(20(2,16)17)3-4-8(10)9-6-11(12(14)15)19-13-9/h3-6H,1-2H3,(H,14,15). The minimum atomic E-state index is -3.36. The SMILES string of the molecule is COc1cc(S(C)(=O)=O)ccc1-c1cc(C(=O)O)on1. The van der Waals surface area contributed by atoms with Gasteiger partial charge in [0.2, 0.25) is 5.76 Å². The monoisotopic (exact) mass is 297 g/mol. The van der Waals surface area contributed by atoms with Gasteiger partial charge in [-0.15, -0.1) is 0 Å². The molecule has 0 aliphatic rings. The van der Waals surface area contributed by atoms with Crippen LogP contribution >= 0.6 is 0 Å². The molecular formula is C12H11NO6S. The average Bonchev–Trinajstić information content (AvgIpc) is 2.86. The van der Waals surface area contributed by atoms with Gasteiger partial charge in [0.15, 0.2) is 9.84 Å². The molecule has 0 aliphatic carbocycles. The van der Waals surface area contributed by atoms with E-state index in [4.69, 9.17) is 9.84 Å². The predicted molar refractivity (Wildman–Crippen MR) is 68.6 cm³/mol. The molecule has 0 saturated heterocycles. The molecule has 1 aromatic carbocycles. The summed E-state index contributed by atoms with van der Waals surface area (Å²) in [4.78, 5) is 10.8. The number of carboxylic acids is 1. The maximum Gasteiger partial charge on any atom is 0.374 e. The van der Waals surface area contributed by atoms with Crippen LogP contribution in [0.25, 0.3) is 11.3 Å². The molecule has 2 aromatic rings. The van der Waals surface area contributed by atoms with E-state index in [9.17, 15) is 13.2 Å². The van der Waals surface area contributed by atoms with Gasteiger partial charge in [0.1, 0.15) is 11.4 Å². The van der Waals surface area contributed by atoms with Crippen LogP contribution in [0, 0.1) is 0 Å². The second kappa shape index (κ2) is 4.97. The summed E-state index contributed by atoms with van der Waals surface area (Å²) in [5.41, 5.74) is 0.690. The largest absolute Gasteiger partial charge is 0.496 e. The molecule has 0 aliphatic heterocycles. The van der Waals surface area contributed by atoms with Gasteiger partial charge in [-0.25, -0.2) is 13.2 Å². The van der Waals surface area contributed by atoms with Crippen LogP contribution in [0.5, 0.6) is 5.75 Å². The molecule has 0 unspecified atom stereocenters. The van der Waals surface area contributed by atoms with Gasteiger partial charge in [-0.05, 0) is 18.2 Å². The summed E-state index contributed by atoms with van der Waals surface area (Å²) in [6.45, 7) is 0. The van der Waals surface area contributed by atoms with Gasteiger partial charge in [0.25, 0.3) is 0 Å². The highest BCUT2D eigenvalue weighted by atomic mass is 32.2. The molecule has 1 N–H and O–H groups in total. The number of benzene rings is 1. The van der Waals surface area contributed by atoms with E-state index in [0.717, 1.165) is 6.26 Å². The fourth-order valence-electron chi connectivity index (χ4n) is 1.62. The Kier molecular flexibility index (Phi) is 3.49. The van der Waals surface area contributed by atoms with Crippen LogP contribution in [0.4, 0.5) is 0 Å². The fourth-order valence-corrected chi connectivity index (χ4v) is 2.25. The lowest BCUT2D eigenvalue weighted by Gasteiger charge is -2.07. The topological polar surface area (TPSA) is 107 Å². The maximum absolute atomic E-state index is 11.5. The molecule has 0 amide bonds. The van der Waals surface area contributed by atoms with Crippen molar-refractivity contribution in [2.45, 2.75) is 4.90 Å². The number of hydrogen-bond acceptors (Lipinski definition) is 6. The summed E-state index contributed by atoms with van der Waals surface area (Å²) in [6, 6.07) is 5.46. The molecule has 0 atom stereocenters. The highest BCUT2D eigenvalue weighted by Gasteiger charge is 2.17. The smallest absolute Gasteiger partial charge is 0.374 e. The first-order valence-corrected chi connectivity index (χ1v) is 7.30. The first kappa shape index (κ1) is 14.1. The summed E-state index contributed by atoms with van der Waals surface area (Å²) in [7, 11) is -1.98. The summed E-state index contributed by atoms with van der Waals surface area (Å²) >= 11 is 0. The van der Waals surface area contributed by atoms with Gasteiger partial charge in [-0.2, -0.15) is 0 Å². The second-order valence-corrected chi connectivity index (χ2v) is 6.03. The molecule has 7 nitrogen and oxygen atoms in total. The number of carbonyl (C=O) groups is 1. The Morgan fingerprint density at radius 1 is 1.35 bits per heavy atom. The van der Waals surface area contributed by atoms with E-state index < -0.39 is 15.8 Å². The van der Waals surface area contributed by atoms with E-state index >= 15 is 0 Å². The van der Waals surface area contributed by atoms with E-state index in [1.54, 1.807) is 0 Å². The number of rotatable bonds is 4. The van der Waals surface area contributed by atoms with Crippen LogP contribution in [0.2, 0.25) is 0 Å². The van der Waals surface area contributed by atoms with Crippen LogP contribution in [-0.4, -0.2) is 38.0 Å². The van der Waals surface area contributed by atoms with Crippen molar-refractivity contribution in [1.82, 2.24) is 5.16 Å². The number of methoxy groups -OCH3 is 1. The molecule has 0 bridgehead atoms. The summed E-state index contributed by atoms with van der Waals surface area (Å²) in [6.07, 6.45) is 1.08. The van der Waals surface area contributed by atoms with Crippen molar-refractivity contribution in [2.24, 2.45) is 0 Å². The Morgan fingerprint density at radius 3 is 2.55 bits per heavy atom. The zero-order valence-corrected chi connectivity index (χ0v) is 11.5. The number of sulfone groups is 1. The molecule has 0 fully saturated rings. The lowest BCUT2D eigenvalue weighted by atomic mass is 10.1. The Hall–Kier alpha value is -2.35. The molecule has 8 heteroatoms. The highest BCUT2D eigenvalue weighted by Crippen LogP contribution is 2.31. The molecule has 106 valence electrons. The van der Waals surface area contributed by atoms with E-state index in [2.05, 4.69) is 9.68 Å². The minimum Gasteiger partial charge on any atom is -0.496 e. The quantitative estimate of drug-likeness (QED) is 0.910. The third-order valence-corrected chi connectivity index (χ3v) is 3.71. The van der Waals surface area contributed by atoms with Crippen molar-refractivity contribution in [3.05, 3.63) is 30.0 Å². The highest BCUT2D eigenvalue weighted by molar-refractivity contribution is 7.90. The third-order valence-electron chi connectivity index (χ3n) is 2.60. The van der Waals surface area contributed by atoms with Gasteiger partial charge < -0.3 is 14.4 Å². The lowest BCUT2D eigenvalue weighted by Crippen LogP contribution is -1.98. The van der Waals surface area contributed by atoms with Gasteiger partial charge >= 0.3 is 5.97 Å². The zero-order chi connectivity index (χ0) is 14.9. The molecule has 1 aromatic heterocycles. The minimum absolute atomic E-state index is 0.0973. The maximum atomic E-state index is 11.5. The molecule has 0 radical (unpaired) electrons. The van der Waals surface area contributed by atoms with Gasteiger partial charge in [-0.1, -0.05) is 5.16 Å². The Balaban J connectivity index is 2.54. The number of hydrogen-bond donors (Lipinski definition) is 1. The molecule has 2 rings (SSSR count). The van der Waals surface area contributed by atoms with Crippen LogP contribution in [0.1, 0.15) is 10.6 Å². The fraction of sp³-hybridized carbons (Fsp3) is 0.167. The number of ether oxygens (including phenoxy) is 1. The number of aromatic carboxylic acids is 1. The third kappa shape index (κ3) is 2.64.